The largest absolute Gasteiger partial charge is 0.409 e. The molecule has 0 saturated heterocycles. The third-order valence-electron chi connectivity index (χ3n) is 4.73. The first-order chi connectivity index (χ1) is 9.01. The number of rotatable bonds is 5. The Hall–Kier alpha value is -1.26. The van der Waals surface area contributed by atoms with Crippen molar-refractivity contribution in [1.29, 1.82) is 0 Å². The minimum Gasteiger partial charge on any atom is -0.409 e. The van der Waals surface area contributed by atoms with Crippen LogP contribution in [0.1, 0.15) is 46.0 Å². The van der Waals surface area contributed by atoms with E-state index in [4.69, 9.17) is 10.9 Å². The monoisotopic (exact) mass is 267 g/mol. The summed E-state index contributed by atoms with van der Waals surface area (Å²) in [4.78, 5) is 14.1. The molecule has 0 aromatic heterocycles. The van der Waals surface area contributed by atoms with Crippen LogP contribution in [0.25, 0.3) is 0 Å². The van der Waals surface area contributed by atoms with E-state index in [1.54, 1.807) is 4.90 Å². The predicted octanol–water partition coefficient (Wildman–Crippen LogP) is 1.80. The molecule has 0 spiro atoms. The Morgan fingerprint density at radius 1 is 1.42 bits per heavy atom. The van der Waals surface area contributed by atoms with Crippen molar-refractivity contribution in [2.24, 2.45) is 28.6 Å². The molecule has 0 aliphatic heterocycles. The Labute approximate surface area is 114 Å². The molecule has 0 aromatic rings. The lowest BCUT2D eigenvalue weighted by molar-refractivity contribution is -0.133. The molecule has 3 unspecified atom stereocenters. The number of oxime groups is 1. The van der Waals surface area contributed by atoms with Gasteiger partial charge in [0.25, 0.3) is 0 Å². The summed E-state index contributed by atoms with van der Waals surface area (Å²) in [6, 6.07) is 0.0754. The van der Waals surface area contributed by atoms with Crippen LogP contribution in [0.15, 0.2) is 5.16 Å². The van der Waals surface area contributed by atoms with Gasteiger partial charge in [0.15, 0.2) is 5.84 Å². The first kappa shape index (κ1) is 14.2. The highest BCUT2D eigenvalue weighted by Crippen LogP contribution is 2.49. The van der Waals surface area contributed by atoms with Gasteiger partial charge in [0.2, 0.25) is 5.91 Å². The maximum Gasteiger partial charge on any atom is 0.223 e. The van der Waals surface area contributed by atoms with E-state index in [0.29, 0.717) is 12.3 Å². The van der Waals surface area contributed by atoms with Crippen molar-refractivity contribution in [2.45, 2.75) is 52.0 Å². The zero-order chi connectivity index (χ0) is 14.0. The molecular weight excluding hydrogens is 242 g/mol. The third-order valence-corrected chi connectivity index (χ3v) is 4.73. The van der Waals surface area contributed by atoms with Crippen molar-refractivity contribution in [2.75, 3.05) is 6.54 Å². The summed E-state index contributed by atoms with van der Waals surface area (Å²) in [5, 5.41) is 11.6. The number of fused-ring (bicyclic) bond motifs is 2. The average molecular weight is 267 g/mol. The summed E-state index contributed by atoms with van der Waals surface area (Å²) in [5.41, 5.74) is 5.52. The van der Waals surface area contributed by atoms with Crippen molar-refractivity contribution >= 4 is 11.7 Å². The smallest absolute Gasteiger partial charge is 0.223 e. The fourth-order valence-corrected chi connectivity index (χ4v) is 3.73. The van der Waals surface area contributed by atoms with Gasteiger partial charge in [-0.25, -0.2) is 0 Å². The summed E-state index contributed by atoms with van der Waals surface area (Å²) < 4.78 is 0. The number of hydrogen-bond donors (Lipinski definition) is 2. The highest BCUT2D eigenvalue weighted by Gasteiger charge is 2.40. The van der Waals surface area contributed by atoms with Gasteiger partial charge in [0.05, 0.1) is 6.54 Å². The van der Waals surface area contributed by atoms with E-state index in [0.717, 1.165) is 11.8 Å². The Kier molecular flexibility index (Phi) is 4.32. The molecule has 1 amide bonds. The molecule has 108 valence electrons. The van der Waals surface area contributed by atoms with Crippen LogP contribution in [0.3, 0.4) is 0 Å². The third kappa shape index (κ3) is 3.19. The second-order valence-corrected chi connectivity index (χ2v) is 6.35. The van der Waals surface area contributed by atoms with Crippen LogP contribution in [0.4, 0.5) is 0 Å². The lowest BCUT2D eigenvalue weighted by Crippen LogP contribution is -2.43. The molecule has 19 heavy (non-hydrogen) atoms. The molecule has 2 aliphatic carbocycles. The second kappa shape index (κ2) is 5.80. The van der Waals surface area contributed by atoms with Gasteiger partial charge < -0.3 is 15.8 Å². The number of amidine groups is 1. The number of carbonyl (C=O) groups is 1. The van der Waals surface area contributed by atoms with Gasteiger partial charge in [-0.2, -0.15) is 0 Å². The van der Waals surface area contributed by atoms with Crippen molar-refractivity contribution in [1.82, 2.24) is 4.90 Å². The van der Waals surface area contributed by atoms with Crippen molar-refractivity contribution in [3.8, 4) is 0 Å². The van der Waals surface area contributed by atoms with Gasteiger partial charge >= 0.3 is 0 Å². The van der Waals surface area contributed by atoms with Crippen LogP contribution in [0.2, 0.25) is 0 Å². The minimum atomic E-state index is 0.0754. The van der Waals surface area contributed by atoms with Gasteiger partial charge in [-0.05, 0) is 50.9 Å². The summed E-state index contributed by atoms with van der Waals surface area (Å²) in [6.07, 6.45) is 5.81. The van der Waals surface area contributed by atoms with E-state index < -0.39 is 0 Å². The normalized spacial score (nSPS) is 30.1. The van der Waals surface area contributed by atoms with Crippen LogP contribution in [0.5, 0.6) is 0 Å². The number of carbonyl (C=O) groups excluding carboxylic acids is 1. The zero-order valence-electron chi connectivity index (χ0n) is 11.9. The fourth-order valence-electron chi connectivity index (χ4n) is 3.73. The predicted molar refractivity (Wildman–Crippen MR) is 73.8 cm³/mol. The van der Waals surface area contributed by atoms with E-state index in [1.807, 2.05) is 13.8 Å². The van der Waals surface area contributed by atoms with Gasteiger partial charge in [-0.15, -0.1) is 0 Å². The SMILES string of the molecule is CC(C)N(CC(N)=NO)C(=O)CC1CC2CCC1C2. The molecule has 3 atom stereocenters. The van der Waals surface area contributed by atoms with Crippen molar-refractivity contribution < 1.29 is 10.0 Å². The minimum absolute atomic E-state index is 0.0754. The quantitative estimate of drug-likeness (QED) is 0.345. The van der Waals surface area contributed by atoms with Crippen LogP contribution in [-0.4, -0.2) is 34.4 Å². The van der Waals surface area contributed by atoms with E-state index >= 15 is 0 Å². The Morgan fingerprint density at radius 2 is 2.16 bits per heavy atom. The highest BCUT2D eigenvalue weighted by molar-refractivity contribution is 5.87. The fraction of sp³-hybridized carbons (Fsp3) is 0.857. The van der Waals surface area contributed by atoms with Gasteiger partial charge in [0.1, 0.15) is 0 Å². The molecular formula is C14H25N3O2. The van der Waals surface area contributed by atoms with Crippen molar-refractivity contribution in [3.05, 3.63) is 0 Å². The summed E-state index contributed by atoms with van der Waals surface area (Å²) in [5.74, 6) is 2.40. The van der Waals surface area contributed by atoms with E-state index in [-0.39, 0.29) is 24.3 Å². The highest BCUT2D eigenvalue weighted by atomic mass is 16.4. The van der Waals surface area contributed by atoms with Crippen LogP contribution < -0.4 is 5.73 Å². The maximum absolute atomic E-state index is 12.4. The Bertz CT molecular complexity index is 368. The van der Waals surface area contributed by atoms with Gasteiger partial charge in [0, 0.05) is 12.5 Å². The number of nitrogens with two attached hydrogens (primary N) is 1. The molecule has 0 radical (unpaired) electrons. The van der Waals surface area contributed by atoms with E-state index in [9.17, 15) is 4.79 Å². The Balaban J connectivity index is 1.92. The summed E-state index contributed by atoms with van der Waals surface area (Å²) in [6.45, 7) is 4.14. The van der Waals surface area contributed by atoms with Crippen LogP contribution >= 0.6 is 0 Å². The van der Waals surface area contributed by atoms with Gasteiger partial charge in [-0.3, -0.25) is 4.79 Å². The van der Waals surface area contributed by atoms with Crippen molar-refractivity contribution in [3.63, 3.8) is 0 Å². The summed E-state index contributed by atoms with van der Waals surface area (Å²) in [7, 11) is 0. The molecule has 5 heteroatoms. The second-order valence-electron chi connectivity index (χ2n) is 6.35. The number of nitrogens with zero attached hydrogens (tertiary/aromatic N) is 2. The van der Waals surface area contributed by atoms with Crippen LogP contribution in [-0.2, 0) is 4.79 Å². The summed E-state index contributed by atoms with van der Waals surface area (Å²) >= 11 is 0. The molecule has 0 heterocycles. The average Bonchev–Trinajstić information content (AvgIpc) is 2.97. The molecule has 2 fully saturated rings. The lowest BCUT2D eigenvalue weighted by atomic mass is 9.86. The van der Waals surface area contributed by atoms with E-state index in [2.05, 4.69) is 5.16 Å². The standard InChI is InChI=1S/C14H25N3O2/c1-9(2)17(8-13(15)16-19)14(18)7-12-6-10-3-4-11(12)5-10/h9-12,19H,3-8H2,1-2H3,(H2,15,16). The van der Waals surface area contributed by atoms with E-state index in [1.165, 1.54) is 25.7 Å². The molecule has 2 bridgehead atoms. The molecule has 2 aliphatic rings. The van der Waals surface area contributed by atoms with Gasteiger partial charge in [-0.1, -0.05) is 11.6 Å². The topological polar surface area (TPSA) is 78.9 Å². The molecule has 5 nitrogen and oxygen atoms in total. The first-order valence-electron chi connectivity index (χ1n) is 7.27. The number of hydrogen-bond acceptors (Lipinski definition) is 3. The molecule has 2 rings (SSSR count). The maximum atomic E-state index is 12.4. The zero-order valence-corrected chi connectivity index (χ0v) is 11.9. The molecule has 3 N–H and O–H groups in total. The molecule has 0 aromatic carbocycles. The Morgan fingerprint density at radius 3 is 2.63 bits per heavy atom. The van der Waals surface area contributed by atoms with Crippen LogP contribution in [0, 0.1) is 17.8 Å². The first-order valence-corrected chi connectivity index (χ1v) is 7.27. The molecule has 2 saturated carbocycles. The lowest BCUT2D eigenvalue weighted by Gasteiger charge is -2.29. The number of amides is 1.